The van der Waals surface area contributed by atoms with E-state index in [1.165, 1.54) is 0 Å². The first-order valence-corrected chi connectivity index (χ1v) is 16.3. The van der Waals surface area contributed by atoms with Crippen molar-refractivity contribution in [1.29, 1.82) is 0 Å². The van der Waals surface area contributed by atoms with Crippen LogP contribution in [0.5, 0.6) is 0 Å². The molecule has 2 saturated heterocycles. The summed E-state index contributed by atoms with van der Waals surface area (Å²) in [6.45, 7) is 6.93. The van der Waals surface area contributed by atoms with Gasteiger partial charge in [0.15, 0.2) is 6.29 Å². The number of esters is 1. The smallest absolute Gasteiger partial charge is 0.323 e. The molecule has 4 rings (SSSR count). The number of carbonyl (C=O) groups excluding carboxylic acids is 3. The van der Waals surface area contributed by atoms with Crippen LogP contribution in [0, 0.1) is 0 Å². The van der Waals surface area contributed by atoms with Gasteiger partial charge in [-0.25, -0.2) is 5.48 Å². The number of hydrogen-bond donors (Lipinski definition) is 4. The van der Waals surface area contributed by atoms with Gasteiger partial charge in [0.2, 0.25) is 11.8 Å². The van der Waals surface area contributed by atoms with Crippen LogP contribution < -0.4 is 10.8 Å². The van der Waals surface area contributed by atoms with Crippen molar-refractivity contribution < 1.29 is 38.9 Å². The van der Waals surface area contributed by atoms with Crippen LogP contribution in [-0.4, -0.2) is 63.8 Å². The van der Waals surface area contributed by atoms with Crippen LogP contribution >= 0.6 is 0 Å². The number of aliphatic hydroxyl groups excluding tert-OH is 1. The highest BCUT2D eigenvalue weighted by molar-refractivity contribution is 5.90. The Kier molecular flexibility index (Phi) is 13.1. The number of likely N-dealkylation sites (tertiary alicyclic amines) is 1. The average Bonchev–Trinajstić information content (AvgIpc) is 3.50. The maximum atomic E-state index is 13.0. The number of carbonyl (C=O) groups is 3. The fraction of sp³-hybridized carbons (Fsp3) is 0.571. The summed E-state index contributed by atoms with van der Waals surface area (Å²) in [6.07, 6.45) is 4.62. The molecule has 4 unspecified atom stereocenters. The maximum Gasteiger partial charge on any atom is 0.323 e. The molecular formula is C35H49N3O8. The summed E-state index contributed by atoms with van der Waals surface area (Å²) in [5.41, 5.74) is 4.28. The van der Waals surface area contributed by atoms with Crippen molar-refractivity contribution in [2.45, 2.75) is 115 Å². The van der Waals surface area contributed by atoms with Gasteiger partial charge < -0.3 is 24.6 Å². The number of hydrogen-bond acceptors (Lipinski definition) is 9. The number of nitrogens with one attached hydrogen (secondary N) is 2. The Morgan fingerprint density at radius 1 is 0.957 bits per heavy atom. The second-order valence-electron chi connectivity index (χ2n) is 13.2. The standard InChI is InChI=1S/C35H49N3O8/c1-35(2,3)46-33(42)29-12-9-19-38(29)22-28-21-30(25-17-15-24(23-39)16-18-25)45-34(44-28)26-10-8-11-27(20-26)36-31(40)13-6-4-5-7-14-32(41)37-43/h8,10-11,15-18,20,28-30,34,39,43H,4-7,9,12-14,19,21-23H2,1-3H3,(H,36,40)(H,37,41). The number of rotatable bonds is 14. The molecule has 0 spiro atoms. The molecule has 0 radical (unpaired) electrons. The van der Waals surface area contributed by atoms with Crippen LogP contribution in [0.15, 0.2) is 48.5 Å². The zero-order valence-corrected chi connectivity index (χ0v) is 27.2. The summed E-state index contributed by atoms with van der Waals surface area (Å²) < 4.78 is 18.8. The zero-order chi connectivity index (χ0) is 33.1. The van der Waals surface area contributed by atoms with Crippen LogP contribution in [0.1, 0.15) is 108 Å². The molecule has 2 aromatic rings. The van der Waals surface area contributed by atoms with Crippen molar-refractivity contribution in [2.24, 2.45) is 0 Å². The first-order chi connectivity index (χ1) is 22.0. The number of hydroxylamine groups is 1. The van der Waals surface area contributed by atoms with E-state index in [1.54, 1.807) is 5.48 Å². The van der Waals surface area contributed by atoms with E-state index in [0.29, 0.717) is 37.9 Å². The SMILES string of the molecule is CC(C)(C)OC(=O)C1CCCN1CC1CC(c2ccc(CO)cc2)OC(c2cccc(NC(=O)CCCCCCC(=O)NO)c2)O1. The molecule has 2 heterocycles. The molecule has 0 aliphatic carbocycles. The van der Waals surface area contributed by atoms with Gasteiger partial charge in [-0.2, -0.15) is 0 Å². The quantitative estimate of drug-likeness (QED) is 0.0934. The van der Waals surface area contributed by atoms with Crippen LogP contribution in [0.3, 0.4) is 0 Å². The molecule has 252 valence electrons. The average molecular weight is 640 g/mol. The molecule has 4 atom stereocenters. The Balaban J connectivity index is 1.42. The fourth-order valence-electron chi connectivity index (χ4n) is 5.94. The van der Waals surface area contributed by atoms with E-state index >= 15 is 0 Å². The van der Waals surface area contributed by atoms with E-state index in [0.717, 1.165) is 48.9 Å². The topological polar surface area (TPSA) is 147 Å². The van der Waals surface area contributed by atoms with Gasteiger partial charge >= 0.3 is 5.97 Å². The number of ether oxygens (including phenoxy) is 3. The van der Waals surface area contributed by atoms with Crippen molar-refractivity contribution in [3.63, 3.8) is 0 Å². The molecule has 2 amide bonds. The highest BCUT2D eigenvalue weighted by atomic mass is 16.7. The Morgan fingerprint density at radius 2 is 1.67 bits per heavy atom. The Hall–Kier alpha value is -3.35. The lowest BCUT2D eigenvalue weighted by Gasteiger charge is -2.38. The van der Waals surface area contributed by atoms with Gasteiger partial charge in [-0.1, -0.05) is 49.2 Å². The Morgan fingerprint density at radius 3 is 2.35 bits per heavy atom. The second-order valence-corrected chi connectivity index (χ2v) is 13.2. The maximum absolute atomic E-state index is 13.0. The molecule has 0 saturated carbocycles. The van der Waals surface area contributed by atoms with Gasteiger partial charge in [-0.05, 0) is 76.3 Å². The van der Waals surface area contributed by atoms with E-state index in [2.05, 4.69) is 10.2 Å². The van der Waals surface area contributed by atoms with Gasteiger partial charge in [-0.3, -0.25) is 24.5 Å². The van der Waals surface area contributed by atoms with Crippen LogP contribution in [-0.2, 0) is 35.2 Å². The summed E-state index contributed by atoms with van der Waals surface area (Å²) in [5, 5.41) is 21.1. The first kappa shape index (κ1) is 35.5. The molecule has 11 heteroatoms. The third-order valence-corrected chi connectivity index (χ3v) is 8.22. The molecule has 2 aliphatic heterocycles. The van der Waals surface area contributed by atoms with E-state index in [4.69, 9.17) is 19.4 Å². The minimum absolute atomic E-state index is 0.0386. The van der Waals surface area contributed by atoms with E-state index in [-0.39, 0.29) is 43.2 Å². The van der Waals surface area contributed by atoms with Gasteiger partial charge in [0.25, 0.3) is 0 Å². The number of amides is 2. The summed E-state index contributed by atoms with van der Waals surface area (Å²) >= 11 is 0. The fourth-order valence-corrected chi connectivity index (χ4v) is 5.94. The molecule has 11 nitrogen and oxygen atoms in total. The van der Waals surface area contributed by atoms with Gasteiger partial charge in [0.05, 0.1) is 18.8 Å². The summed E-state index contributed by atoms with van der Waals surface area (Å²) in [4.78, 5) is 38.9. The van der Waals surface area contributed by atoms with Gasteiger partial charge in [0.1, 0.15) is 11.6 Å². The normalized spacial score (nSPS) is 21.9. The van der Waals surface area contributed by atoms with Crippen LogP contribution in [0.25, 0.3) is 0 Å². The third kappa shape index (κ3) is 10.9. The lowest BCUT2D eigenvalue weighted by atomic mass is 9.99. The van der Waals surface area contributed by atoms with Crippen molar-refractivity contribution in [3.8, 4) is 0 Å². The van der Waals surface area contributed by atoms with Crippen molar-refractivity contribution in [2.75, 3.05) is 18.4 Å². The predicted octanol–water partition coefficient (Wildman–Crippen LogP) is 5.31. The van der Waals surface area contributed by atoms with E-state index in [1.807, 2.05) is 69.3 Å². The van der Waals surface area contributed by atoms with E-state index < -0.39 is 17.8 Å². The summed E-state index contributed by atoms with van der Waals surface area (Å²) in [7, 11) is 0. The van der Waals surface area contributed by atoms with E-state index in [9.17, 15) is 19.5 Å². The lowest BCUT2D eigenvalue weighted by Crippen LogP contribution is -2.45. The molecule has 0 aromatic heterocycles. The van der Waals surface area contributed by atoms with Crippen molar-refractivity contribution in [1.82, 2.24) is 10.4 Å². The lowest BCUT2D eigenvalue weighted by molar-refractivity contribution is -0.253. The number of nitrogens with zero attached hydrogens (tertiary/aromatic N) is 1. The van der Waals surface area contributed by atoms with Crippen LogP contribution in [0.2, 0.25) is 0 Å². The molecule has 2 fully saturated rings. The highest BCUT2D eigenvalue weighted by Gasteiger charge is 2.39. The molecular weight excluding hydrogens is 590 g/mol. The van der Waals surface area contributed by atoms with Crippen molar-refractivity contribution in [3.05, 3.63) is 65.2 Å². The Bertz CT molecular complexity index is 1300. The predicted molar refractivity (Wildman–Crippen MR) is 172 cm³/mol. The number of aliphatic hydroxyl groups is 1. The number of benzene rings is 2. The molecule has 0 bridgehead atoms. The van der Waals surface area contributed by atoms with Crippen LogP contribution in [0.4, 0.5) is 5.69 Å². The Labute approximate surface area is 271 Å². The second kappa shape index (κ2) is 17.0. The first-order valence-electron chi connectivity index (χ1n) is 16.3. The van der Waals surface area contributed by atoms with Crippen molar-refractivity contribution >= 4 is 23.5 Å². The molecule has 2 aliphatic rings. The van der Waals surface area contributed by atoms with Gasteiger partial charge in [0, 0.05) is 37.1 Å². The largest absolute Gasteiger partial charge is 0.459 e. The number of unbranched alkanes of at least 4 members (excludes halogenated alkanes) is 3. The minimum atomic E-state index is -0.697. The molecule has 4 N–H and O–H groups in total. The van der Waals surface area contributed by atoms with Gasteiger partial charge in [-0.15, -0.1) is 0 Å². The minimum Gasteiger partial charge on any atom is -0.459 e. The zero-order valence-electron chi connectivity index (χ0n) is 27.2. The molecule has 46 heavy (non-hydrogen) atoms. The molecule has 2 aromatic carbocycles. The monoisotopic (exact) mass is 639 g/mol. The highest BCUT2D eigenvalue weighted by Crippen LogP contribution is 2.39. The summed E-state index contributed by atoms with van der Waals surface area (Å²) in [5.74, 6) is -0.707. The third-order valence-electron chi connectivity index (χ3n) is 8.22. The number of anilines is 1. The summed E-state index contributed by atoms with van der Waals surface area (Å²) in [6, 6.07) is 14.9.